The fourth-order valence-electron chi connectivity index (χ4n) is 6.05. The molecule has 0 saturated carbocycles. The quantitative estimate of drug-likeness (QED) is 0.139. The first-order valence-corrected chi connectivity index (χ1v) is 17.5. The van der Waals surface area contributed by atoms with Crippen LogP contribution in [0, 0.1) is 0 Å². The lowest BCUT2D eigenvalue weighted by molar-refractivity contribution is 0.0973. The summed E-state index contributed by atoms with van der Waals surface area (Å²) >= 11 is 0. The van der Waals surface area contributed by atoms with Crippen molar-refractivity contribution in [3.05, 3.63) is 83.2 Å². The lowest BCUT2D eigenvalue weighted by Gasteiger charge is -2.32. The molecular weight excluding hydrogens is 680 g/mol. The van der Waals surface area contributed by atoms with Crippen LogP contribution >= 0.6 is 0 Å². The van der Waals surface area contributed by atoms with Gasteiger partial charge in [-0.15, -0.1) is 0 Å². The average molecular weight is 727 g/mol. The minimum atomic E-state index is -0.322. The van der Waals surface area contributed by atoms with Crippen molar-refractivity contribution in [3.8, 4) is 11.5 Å². The van der Waals surface area contributed by atoms with Gasteiger partial charge in [-0.3, -0.25) is 9.59 Å². The summed E-state index contributed by atoms with van der Waals surface area (Å²) in [5.41, 5.74) is 13.3. The number of likely N-dealkylation sites (tertiary alicyclic amines) is 1. The summed E-state index contributed by atoms with van der Waals surface area (Å²) in [4.78, 5) is 56.0. The van der Waals surface area contributed by atoms with Crippen LogP contribution < -0.4 is 36.9 Å². The number of hydrogen-bond donors (Lipinski definition) is 5. The Hall–Kier alpha value is -6.03. The van der Waals surface area contributed by atoms with Gasteiger partial charge in [-0.05, 0) is 63.4 Å². The van der Waals surface area contributed by atoms with Gasteiger partial charge in [0.05, 0.1) is 43.1 Å². The second-order valence-electron chi connectivity index (χ2n) is 12.4. The number of amides is 1. The summed E-state index contributed by atoms with van der Waals surface area (Å²) in [6, 6.07) is 14.2. The van der Waals surface area contributed by atoms with Gasteiger partial charge in [-0.2, -0.15) is 9.97 Å². The first-order chi connectivity index (χ1) is 25.7. The van der Waals surface area contributed by atoms with E-state index in [0.717, 1.165) is 38.8 Å². The van der Waals surface area contributed by atoms with Crippen molar-refractivity contribution in [1.29, 1.82) is 0 Å². The van der Waals surface area contributed by atoms with E-state index >= 15 is 0 Å². The van der Waals surface area contributed by atoms with Crippen LogP contribution in [0.25, 0.3) is 0 Å². The standard InChI is InChI=1S/C20H25N5O4.C17H21N5O2/c1-3-29-20(27)25-10-6-7-13(12-25)23-19-22-11-15(18(21)24-19)17(26)14-8-4-5-9-16(14)28-2;1-24-14-7-3-2-6-12(14)15(23)13-10-20-17(22-16(13)18)21-11-5-4-8-19-9-11/h4-5,8-9,11,13H,3,6-7,10,12H2,1-2H3,(H3,21,22,23,24);2-3,6-7,10-11,19H,4-5,8-9H2,1H3,(H3,18,20,21,22). The SMILES string of the molecule is CCOC(=O)N1CCCC(Nc2ncc(C(=O)c3ccccc3OC)c(N)n2)C1.COc1ccccc1C(=O)c1cnc(NC2CCCNC2)nc1N. The van der Waals surface area contributed by atoms with Gasteiger partial charge in [-0.25, -0.2) is 14.8 Å². The fourth-order valence-corrected chi connectivity index (χ4v) is 6.05. The highest BCUT2D eigenvalue weighted by Gasteiger charge is 2.26. The summed E-state index contributed by atoms with van der Waals surface area (Å²) in [6.45, 7) is 5.17. The van der Waals surface area contributed by atoms with Crippen molar-refractivity contribution in [2.24, 2.45) is 0 Å². The molecular formula is C37H46N10O6. The Kier molecular flexibility index (Phi) is 13.3. The Labute approximate surface area is 308 Å². The minimum absolute atomic E-state index is 0.0247. The monoisotopic (exact) mass is 726 g/mol. The number of methoxy groups -OCH3 is 2. The number of benzene rings is 2. The summed E-state index contributed by atoms with van der Waals surface area (Å²) in [7, 11) is 3.03. The number of nitrogens with one attached hydrogen (secondary N) is 3. The van der Waals surface area contributed by atoms with E-state index in [0.29, 0.717) is 54.2 Å². The number of ketones is 2. The summed E-state index contributed by atoms with van der Waals surface area (Å²) in [6.07, 6.45) is 6.42. The largest absolute Gasteiger partial charge is 0.496 e. The number of para-hydroxylation sites is 2. The third-order valence-electron chi connectivity index (χ3n) is 8.74. The number of nitrogen functional groups attached to an aromatic ring is 2. The first-order valence-electron chi connectivity index (χ1n) is 17.5. The number of carbonyl (C=O) groups is 3. The number of nitrogens with two attached hydrogens (primary N) is 2. The van der Waals surface area contributed by atoms with Gasteiger partial charge in [0.15, 0.2) is 0 Å². The van der Waals surface area contributed by atoms with E-state index in [4.69, 9.17) is 25.7 Å². The van der Waals surface area contributed by atoms with Crippen molar-refractivity contribution >= 4 is 41.2 Å². The molecule has 0 radical (unpaired) electrons. The van der Waals surface area contributed by atoms with Crippen LogP contribution in [0.5, 0.6) is 11.5 Å². The molecule has 16 heteroatoms. The van der Waals surface area contributed by atoms with Gasteiger partial charge in [0, 0.05) is 44.1 Å². The molecule has 7 N–H and O–H groups in total. The van der Waals surface area contributed by atoms with E-state index in [1.54, 1.807) is 60.4 Å². The molecule has 16 nitrogen and oxygen atoms in total. The molecule has 4 heterocycles. The average Bonchev–Trinajstić information content (AvgIpc) is 3.18. The van der Waals surface area contributed by atoms with Gasteiger partial charge in [-0.1, -0.05) is 24.3 Å². The molecule has 0 bridgehead atoms. The molecule has 280 valence electrons. The molecule has 0 aliphatic carbocycles. The van der Waals surface area contributed by atoms with Crippen LogP contribution in [0.15, 0.2) is 60.9 Å². The molecule has 2 fully saturated rings. The minimum Gasteiger partial charge on any atom is -0.496 e. The van der Waals surface area contributed by atoms with Crippen LogP contribution in [0.2, 0.25) is 0 Å². The van der Waals surface area contributed by atoms with Crippen molar-refractivity contribution < 1.29 is 28.6 Å². The predicted octanol–water partition coefficient (Wildman–Crippen LogP) is 3.79. The first kappa shape index (κ1) is 38.2. The molecule has 1 amide bonds. The second-order valence-corrected chi connectivity index (χ2v) is 12.4. The lowest BCUT2D eigenvalue weighted by Crippen LogP contribution is -2.45. The van der Waals surface area contributed by atoms with E-state index in [9.17, 15) is 14.4 Å². The maximum atomic E-state index is 12.8. The zero-order chi connectivity index (χ0) is 37.7. The van der Waals surface area contributed by atoms with E-state index in [-0.39, 0.29) is 52.5 Å². The Morgan fingerprint density at radius 2 is 1.32 bits per heavy atom. The van der Waals surface area contributed by atoms with E-state index in [2.05, 4.69) is 35.9 Å². The Morgan fingerprint density at radius 1 is 0.792 bits per heavy atom. The van der Waals surface area contributed by atoms with E-state index < -0.39 is 0 Å². The molecule has 2 aliphatic rings. The summed E-state index contributed by atoms with van der Waals surface area (Å²) in [5.74, 6) is 1.39. The third-order valence-corrected chi connectivity index (χ3v) is 8.74. The normalized spacial score (nSPS) is 16.7. The van der Waals surface area contributed by atoms with Gasteiger partial charge < -0.3 is 46.5 Å². The third kappa shape index (κ3) is 9.85. The number of ether oxygens (including phenoxy) is 3. The molecule has 2 aromatic heterocycles. The smallest absolute Gasteiger partial charge is 0.409 e. The predicted molar refractivity (Wildman–Crippen MR) is 200 cm³/mol. The highest BCUT2D eigenvalue weighted by Crippen LogP contribution is 2.25. The van der Waals surface area contributed by atoms with Crippen molar-refractivity contribution in [2.75, 3.05) is 69.1 Å². The van der Waals surface area contributed by atoms with Gasteiger partial charge in [0.2, 0.25) is 23.5 Å². The Bertz CT molecular complexity index is 1890. The molecule has 2 unspecified atom stereocenters. The Balaban J connectivity index is 0.000000208. The zero-order valence-corrected chi connectivity index (χ0v) is 30.1. The number of carbonyl (C=O) groups excluding carboxylic acids is 3. The molecule has 53 heavy (non-hydrogen) atoms. The number of nitrogens with zero attached hydrogens (tertiary/aromatic N) is 5. The topological polar surface area (TPSA) is 222 Å². The second kappa shape index (κ2) is 18.5. The lowest BCUT2D eigenvalue weighted by atomic mass is 10.0. The van der Waals surface area contributed by atoms with Crippen molar-refractivity contribution in [3.63, 3.8) is 0 Å². The number of rotatable bonds is 11. The Morgan fingerprint density at radius 3 is 1.81 bits per heavy atom. The van der Waals surface area contributed by atoms with Gasteiger partial charge >= 0.3 is 6.09 Å². The number of hydrogen-bond acceptors (Lipinski definition) is 15. The van der Waals surface area contributed by atoms with Crippen LogP contribution in [0.3, 0.4) is 0 Å². The molecule has 2 saturated heterocycles. The maximum Gasteiger partial charge on any atom is 0.409 e. The van der Waals surface area contributed by atoms with Crippen LogP contribution in [-0.4, -0.2) is 102 Å². The number of aromatic nitrogens is 4. The van der Waals surface area contributed by atoms with Crippen LogP contribution in [0.4, 0.5) is 28.3 Å². The maximum absolute atomic E-state index is 12.8. The molecule has 2 aliphatic heterocycles. The molecule has 6 rings (SSSR count). The highest BCUT2D eigenvalue weighted by molar-refractivity contribution is 6.13. The van der Waals surface area contributed by atoms with Gasteiger partial charge in [0.1, 0.15) is 23.1 Å². The van der Waals surface area contributed by atoms with Crippen molar-refractivity contribution in [1.82, 2.24) is 30.2 Å². The zero-order valence-electron chi connectivity index (χ0n) is 30.1. The number of piperidine rings is 2. The highest BCUT2D eigenvalue weighted by atomic mass is 16.6. The van der Waals surface area contributed by atoms with Crippen molar-refractivity contribution in [2.45, 2.75) is 44.7 Å². The molecule has 2 atom stereocenters. The summed E-state index contributed by atoms with van der Waals surface area (Å²) < 4.78 is 15.5. The molecule has 2 aromatic carbocycles. The fraction of sp³-hybridized carbons (Fsp3) is 0.378. The van der Waals surface area contributed by atoms with Crippen LogP contribution in [0.1, 0.15) is 64.4 Å². The summed E-state index contributed by atoms with van der Waals surface area (Å²) in [5, 5.41) is 9.76. The van der Waals surface area contributed by atoms with Crippen LogP contribution in [-0.2, 0) is 4.74 Å². The molecule has 0 spiro atoms. The van der Waals surface area contributed by atoms with Gasteiger partial charge in [0.25, 0.3) is 0 Å². The van der Waals surface area contributed by atoms with E-state index in [1.165, 1.54) is 26.6 Å². The molecule has 4 aromatic rings. The number of anilines is 4. The van der Waals surface area contributed by atoms with E-state index in [1.807, 2.05) is 0 Å².